The van der Waals surface area contributed by atoms with E-state index in [1.165, 1.54) is 19.1 Å². The van der Waals surface area contributed by atoms with Crippen molar-refractivity contribution in [3.8, 4) is 11.5 Å². The topological polar surface area (TPSA) is 91.4 Å². The average molecular weight is 370 g/mol. The first-order valence-electron chi connectivity index (χ1n) is 8.06. The van der Waals surface area contributed by atoms with Gasteiger partial charge in [0.15, 0.2) is 6.10 Å². The quantitative estimate of drug-likeness (QED) is 0.489. The second-order valence-corrected chi connectivity index (χ2v) is 5.70. The first-order valence-corrected chi connectivity index (χ1v) is 8.06. The van der Waals surface area contributed by atoms with Gasteiger partial charge < -0.3 is 9.15 Å². The van der Waals surface area contributed by atoms with Crippen LogP contribution in [0.2, 0.25) is 0 Å². The molecule has 0 saturated heterocycles. The number of halogens is 1. The molecule has 2 aromatic carbocycles. The number of carbonyl (C=O) groups excluding carboxylic acids is 2. The van der Waals surface area contributed by atoms with E-state index in [1.807, 2.05) is 0 Å². The summed E-state index contributed by atoms with van der Waals surface area (Å²) < 4.78 is 23.8. The minimum absolute atomic E-state index is 0.0730. The van der Waals surface area contributed by atoms with E-state index in [2.05, 4.69) is 5.10 Å². The Bertz CT molecular complexity index is 1010. The molecule has 3 rings (SSSR count). The number of carbonyl (C=O) groups is 2. The highest BCUT2D eigenvalue weighted by molar-refractivity contribution is 6.00. The van der Waals surface area contributed by atoms with Gasteiger partial charge in [0, 0.05) is 11.1 Å². The van der Waals surface area contributed by atoms with Crippen LogP contribution in [0.15, 0.2) is 63.8 Å². The molecule has 0 amide bonds. The Balaban J connectivity index is 1.65. The van der Waals surface area contributed by atoms with Crippen LogP contribution in [0.25, 0.3) is 11.5 Å². The van der Waals surface area contributed by atoms with Crippen molar-refractivity contribution in [2.75, 3.05) is 0 Å². The second kappa shape index (κ2) is 7.77. The van der Waals surface area contributed by atoms with Gasteiger partial charge in [-0.3, -0.25) is 9.59 Å². The van der Waals surface area contributed by atoms with Crippen molar-refractivity contribution < 1.29 is 23.1 Å². The zero-order valence-electron chi connectivity index (χ0n) is 14.3. The smallest absolute Gasteiger partial charge is 0.437 e. The molecule has 0 spiro atoms. The first-order chi connectivity index (χ1) is 12.9. The molecule has 0 aliphatic carbocycles. The number of esters is 1. The fraction of sp³-hybridized carbons (Fsp3) is 0.158. The molecule has 0 aliphatic heterocycles. The van der Waals surface area contributed by atoms with Crippen LogP contribution in [0.4, 0.5) is 4.39 Å². The summed E-state index contributed by atoms with van der Waals surface area (Å²) in [6, 6.07) is 13.6. The Morgan fingerprint density at radius 1 is 1.15 bits per heavy atom. The second-order valence-electron chi connectivity index (χ2n) is 5.70. The molecule has 0 unspecified atom stereocenters. The summed E-state index contributed by atoms with van der Waals surface area (Å²) in [5.74, 6) is -2.53. The molecular weight excluding hydrogens is 355 g/mol. The summed E-state index contributed by atoms with van der Waals surface area (Å²) in [4.78, 5) is 36.1. The molecule has 0 bridgehead atoms. The van der Waals surface area contributed by atoms with Crippen LogP contribution in [-0.4, -0.2) is 27.6 Å². The van der Waals surface area contributed by atoms with Gasteiger partial charge in [0.2, 0.25) is 11.7 Å². The zero-order chi connectivity index (χ0) is 19.4. The van der Waals surface area contributed by atoms with Crippen molar-refractivity contribution in [2.24, 2.45) is 0 Å². The van der Waals surface area contributed by atoms with Crippen molar-refractivity contribution in [3.63, 3.8) is 0 Å². The summed E-state index contributed by atoms with van der Waals surface area (Å²) in [6.07, 6.45) is -1.10. The van der Waals surface area contributed by atoms with Gasteiger partial charge in [-0.2, -0.15) is 4.68 Å². The van der Waals surface area contributed by atoms with E-state index in [1.54, 1.807) is 30.3 Å². The standard InChI is InChI=1S/C19H15FN2O5/c1-12(17(24)13-7-9-15(20)10-8-13)26-16(23)11-22-19(25)27-18(21-22)14-5-3-2-4-6-14/h2-10,12H,11H2,1H3/t12-/m1/s1. The molecule has 1 heterocycles. The van der Waals surface area contributed by atoms with E-state index in [-0.39, 0.29) is 11.5 Å². The summed E-state index contributed by atoms with van der Waals surface area (Å²) in [7, 11) is 0. The molecule has 138 valence electrons. The molecule has 1 aromatic heterocycles. The van der Waals surface area contributed by atoms with Gasteiger partial charge in [-0.1, -0.05) is 18.2 Å². The zero-order valence-corrected chi connectivity index (χ0v) is 14.3. The maximum atomic E-state index is 12.9. The minimum atomic E-state index is -1.10. The number of ether oxygens (including phenoxy) is 1. The van der Waals surface area contributed by atoms with E-state index >= 15 is 0 Å². The predicted molar refractivity (Wildman–Crippen MR) is 92.5 cm³/mol. The highest BCUT2D eigenvalue weighted by atomic mass is 19.1. The highest BCUT2D eigenvalue weighted by Crippen LogP contribution is 2.14. The molecule has 0 N–H and O–H groups in total. The molecule has 0 saturated carbocycles. The molecule has 0 radical (unpaired) electrons. The van der Waals surface area contributed by atoms with Crippen LogP contribution < -0.4 is 5.76 Å². The molecule has 3 aromatic rings. The average Bonchev–Trinajstić information content (AvgIpc) is 3.03. The van der Waals surface area contributed by atoms with Crippen LogP contribution in [0.3, 0.4) is 0 Å². The number of benzene rings is 2. The molecule has 8 heteroatoms. The fourth-order valence-electron chi connectivity index (χ4n) is 2.36. The molecule has 1 atom stereocenters. The highest BCUT2D eigenvalue weighted by Gasteiger charge is 2.21. The number of Topliss-reactive ketones (excluding diaryl/α,β-unsaturated/α-hetero) is 1. The Hall–Kier alpha value is -3.55. The number of aromatic nitrogens is 2. The van der Waals surface area contributed by atoms with E-state index < -0.39 is 36.0 Å². The minimum Gasteiger partial charge on any atom is -0.453 e. The lowest BCUT2D eigenvalue weighted by molar-refractivity contribution is -0.147. The van der Waals surface area contributed by atoms with Crippen molar-refractivity contribution in [3.05, 3.63) is 76.5 Å². The van der Waals surface area contributed by atoms with E-state index in [0.717, 1.165) is 16.8 Å². The number of ketones is 1. The third kappa shape index (κ3) is 4.35. The molecule has 27 heavy (non-hydrogen) atoms. The molecule has 0 fully saturated rings. The SMILES string of the molecule is C[C@@H](OC(=O)Cn1nc(-c2ccccc2)oc1=O)C(=O)c1ccc(F)cc1. The van der Waals surface area contributed by atoms with E-state index in [0.29, 0.717) is 5.56 Å². The lowest BCUT2D eigenvalue weighted by Crippen LogP contribution is -2.29. The monoisotopic (exact) mass is 370 g/mol. The molecule has 0 aliphatic rings. The normalized spacial score (nSPS) is 11.8. The van der Waals surface area contributed by atoms with Gasteiger partial charge in [0.05, 0.1) is 0 Å². The van der Waals surface area contributed by atoms with E-state index in [4.69, 9.17) is 9.15 Å². The summed E-state index contributed by atoms with van der Waals surface area (Å²) in [6.45, 7) is 0.890. The summed E-state index contributed by atoms with van der Waals surface area (Å²) in [5, 5.41) is 3.95. The Morgan fingerprint density at radius 2 is 1.81 bits per heavy atom. The number of nitrogens with zero attached hydrogens (tertiary/aromatic N) is 2. The Labute approximate surface area is 153 Å². The van der Waals surface area contributed by atoms with Crippen molar-refractivity contribution >= 4 is 11.8 Å². The lowest BCUT2D eigenvalue weighted by atomic mass is 10.1. The van der Waals surface area contributed by atoms with Gasteiger partial charge in [-0.15, -0.1) is 5.10 Å². The number of hydrogen-bond donors (Lipinski definition) is 0. The third-order valence-electron chi connectivity index (χ3n) is 3.71. The summed E-state index contributed by atoms with van der Waals surface area (Å²) in [5.41, 5.74) is 0.795. The van der Waals surface area contributed by atoms with Gasteiger partial charge >= 0.3 is 11.7 Å². The van der Waals surface area contributed by atoms with Crippen LogP contribution in [0.5, 0.6) is 0 Å². The maximum Gasteiger partial charge on any atom is 0.437 e. The van der Waals surface area contributed by atoms with Crippen LogP contribution in [0.1, 0.15) is 17.3 Å². The van der Waals surface area contributed by atoms with Crippen LogP contribution in [0, 0.1) is 5.82 Å². The van der Waals surface area contributed by atoms with Crippen molar-refractivity contribution in [2.45, 2.75) is 19.6 Å². The lowest BCUT2D eigenvalue weighted by Gasteiger charge is -2.12. The number of hydrogen-bond acceptors (Lipinski definition) is 6. The van der Waals surface area contributed by atoms with Gasteiger partial charge in [-0.05, 0) is 43.3 Å². The molecular formula is C19H15FN2O5. The third-order valence-corrected chi connectivity index (χ3v) is 3.71. The van der Waals surface area contributed by atoms with Gasteiger partial charge in [0.25, 0.3) is 0 Å². The number of rotatable bonds is 6. The van der Waals surface area contributed by atoms with Gasteiger partial charge in [-0.25, -0.2) is 9.18 Å². The maximum absolute atomic E-state index is 12.9. The summed E-state index contributed by atoms with van der Waals surface area (Å²) >= 11 is 0. The Morgan fingerprint density at radius 3 is 2.48 bits per heavy atom. The Kier molecular flexibility index (Phi) is 5.25. The van der Waals surface area contributed by atoms with Crippen molar-refractivity contribution in [1.29, 1.82) is 0 Å². The van der Waals surface area contributed by atoms with E-state index in [9.17, 15) is 18.8 Å². The van der Waals surface area contributed by atoms with Crippen LogP contribution in [-0.2, 0) is 16.1 Å². The first kappa shape index (κ1) is 18.2. The molecule has 7 nitrogen and oxygen atoms in total. The predicted octanol–water partition coefficient (Wildman–Crippen LogP) is 2.46. The fourth-order valence-corrected chi connectivity index (χ4v) is 2.36. The van der Waals surface area contributed by atoms with Crippen LogP contribution >= 0.6 is 0 Å². The van der Waals surface area contributed by atoms with Gasteiger partial charge in [0.1, 0.15) is 12.4 Å². The largest absolute Gasteiger partial charge is 0.453 e. The van der Waals surface area contributed by atoms with Crippen molar-refractivity contribution in [1.82, 2.24) is 9.78 Å².